The van der Waals surface area contributed by atoms with E-state index in [1.807, 2.05) is 0 Å². The summed E-state index contributed by atoms with van der Waals surface area (Å²) in [5.41, 5.74) is -0.292. The number of carbonyl (C=O) groups excluding carboxylic acids is 1. The molecule has 5 nitrogen and oxygen atoms in total. The molecule has 0 saturated heterocycles. The van der Waals surface area contributed by atoms with Gasteiger partial charge in [-0.3, -0.25) is 14.9 Å². The Morgan fingerprint density at radius 2 is 2.08 bits per heavy atom. The van der Waals surface area contributed by atoms with Crippen LogP contribution in [0.4, 0.5) is 5.69 Å². The fraction of sp³-hybridized carbons (Fsp3) is 0. The van der Waals surface area contributed by atoms with Crippen LogP contribution >= 0.6 is 0 Å². The summed E-state index contributed by atoms with van der Waals surface area (Å²) in [4.78, 5) is 19.8. The molecule has 1 rings (SSSR count). The van der Waals surface area contributed by atoms with Gasteiger partial charge in [-0.25, -0.2) is 0 Å². The first-order valence-corrected chi connectivity index (χ1v) is 3.07. The van der Waals surface area contributed by atoms with Gasteiger partial charge in [0.05, 0.1) is 10.5 Å². The molecule has 0 heterocycles. The third-order valence-corrected chi connectivity index (χ3v) is 1.35. The third-order valence-electron chi connectivity index (χ3n) is 1.35. The van der Waals surface area contributed by atoms with Crippen molar-refractivity contribution in [2.45, 2.75) is 0 Å². The van der Waals surface area contributed by atoms with Gasteiger partial charge in [0, 0.05) is 12.1 Å². The molecular weight excluding hydrogens is 369 g/mol. The molecule has 0 atom stereocenters. The van der Waals surface area contributed by atoms with Gasteiger partial charge in [-0.2, -0.15) is 0 Å². The molecule has 0 spiro atoms. The third kappa shape index (κ3) is 2.76. The molecule has 0 aliphatic carbocycles. The number of benzene rings is 1. The normalized spacial score (nSPS) is 8.62. The molecule has 0 aliphatic heterocycles. The Morgan fingerprint density at radius 1 is 1.46 bits per heavy atom. The number of aromatic hydroxyl groups is 1. The molecule has 1 aromatic carbocycles. The van der Waals surface area contributed by atoms with Gasteiger partial charge in [-0.15, -0.1) is 0 Å². The number of carbonyl (C=O) groups is 1. The molecule has 0 aliphatic rings. The van der Waals surface area contributed by atoms with E-state index in [-0.39, 0.29) is 44.3 Å². The average Bonchev–Trinajstić information content (AvgIpc) is 2.05. The Kier molecular flexibility index (Phi) is 4.53. The van der Waals surface area contributed by atoms with Crippen LogP contribution in [0.2, 0.25) is 0 Å². The fourth-order valence-electron chi connectivity index (χ4n) is 0.750. The number of nitro benzene ring substituents is 1. The summed E-state index contributed by atoms with van der Waals surface area (Å²) < 4.78 is 0. The number of non-ortho nitro benzene ring substituents is 1. The molecular formula is C7H5NO4Pb+4. The Balaban J connectivity index is 0.00000144. The number of phenols is 1. The Labute approximate surface area is 93.7 Å². The Hall–Kier alpha value is -0.988. The minimum Gasteiger partial charge on any atom is -0.507 e. The molecule has 0 fully saturated rings. The van der Waals surface area contributed by atoms with Crippen LogP contribution in [0.3, 0.4) is 0 Å². The van der Waals surface area contributed by atoms with Crippen molar-refractivity contribution in [1.29, 1.82) is 0 Å². The van der Waals surface area contributed by atoms with Crippen molar-refractivity contribution in [3.05, 3.63) is 33.9 Å². The van der Waals surface area contributed by atoms with Crippen LogP contribution in [0, 0.1) is 10.1 Å². The van der Waals surface area contributed by atoms with Crippen molar-refractivity contribution in [2.24, 2.45) is 0 Å². The van der Waals surface area contributed by atoms with Gasteiger partial charge in [-0.1, -0.05) is 0 Å². The maximum atomic E-state index is 10.2. The van der Waals surface area contributed by atoms with Crippen LogP contribution < -0.4 is 0 Å². The van der Waals surface area contributed by atoms with Gasteiger partial charge in [-0.05, 0) is 6.07 Å². The van der Waals surface area contributed by atoms with E-state index in [1.165, 1.54) is 0 Å². The minimum absolute atomic E-state index is 0. The second-order valence-corrected chi connectivity index (χ2v) is 2.12. The summed E-state index contributed by atoms with van der Waals surface area (Å²) in [6, 6.07) is 3.26. The van der Waals surface area contributed by atoms with Crippen molar-refractivity contribution >= 4 is 39.3 Å². The van der Waals surface area contributed by atoms with Crippen LogP contribution in [-0.2, 0) is 0 Å². The number of hydrogen-bond acceptors (Lipinski definition) is 4. The van der Waals surface area contributed by atoms with E-state index in [9.17, 15) is 14.9 Å². The molecule has 1 aromatic rings. The first kappa shape index (κ1) is 12.0. The molecule has 1 N–H and O–H groups in total. The van der Waals surface area contributed by atoms with Crippen LogP contribution in [0.25, 0.3) is 0 Å². The molecule has 0 amide bonds. The van der Waals surface area contributed by atoms with E-state index in [0.717, 1.165) is 18.2 Å². The van der Waals surface area contributed by atoms with Crippen molar-refractivity contribution in [3.63, 3.8) is 0 Å². The van der Waals surface area contributed by atoms with Crippen LogP contribution in [-0.4, -0.2) is 43.6 Å². The molecule has 0 aromatic heterocycles. The molecule has 6 heteroatoms. The van der Waals surface area contributed by atoms with Gasteiger partial charge in [0.1, 0.15) is 5.75 Å². The van der Waals surface area contributed by atoms with Crippen LogP contribution in [0.15, 0.2) is 18.2 Å². The van der Waals surface area contributed by atoms with Gasteiger partial charge in [0.25, 0.3) is 5.69 Å². The Morgan fingerprint density at radius 3 is 2.54 bits per heavy atom. The molecule has 0 radical (unpaired) electrons. The smallest absolute Gasteiger partial charge is 0.507 e. The predicted octanol–water partition coefficient (Wildman–Crippen LogP) is 0.732. The monoisotopic (exact) mass is 375 g/mol. The second-order valence-electron chi connectivity index (χ2n) is 2.12. The zero-order valence-corrected chi connectivity index (χ0v) is 10.3. The number of nitro groups is 1. The Bertz CT molecular complexity index is 339. The number of nitrogens with zero attached hydrogens (tertiary/aromatic N) is 1. The standard InChI is InChI=1S/C7H5NO4.Pb/c9-4-5-3-6(8(11)12)1-2-7(5)10;/h1-4,10H;/q;+4. The van der Waals surface area contributed by atoms with E-state index in [2.05, 4.69) is 0 Å². The van der Waals surface area contributed by atoms with E-state index in [1.54, 1.807) is 0 Å². The second kappa shape index (κ2) is 4.90. The zero-order valence-electron chi connectivity index (χ0n) is 6.43. The van der Waals surface area contributed by atoms with Crippen molar-refractivity contribution in [2.75, 3.05) is 0 Å². The molecule has 0 bridgehead atoms. The van der Waals surface area contributed by atoms with Gasteiger partial charge < -0.3 is 5.11 Å². The summed E-state index contributed by atoms with van der Waals surface area (Å²) >= 11 is 0. The number of rotatable bonds is 2. The van der Waals surface area contributed by atoms with Crippen molar-refractivity contribution < 1.29 is 14.8 Å². The van der Waals surface area contributed by atoms with E-state index < -0.39 is 4.92 Å². The van der Waals surface area contributed by atoms with Gasteiger partial charge in [0.2, 0.25) is 0 Å². The summed E-state index contributed by atoms with van der Waals surface area (Å²) in [7, 11) is 0. The predicted molar refractivity (Wildman–Crippen MR) is 45.9 cm³/mol. The zero-order chi connectivity index (χ0) is 9.14. The number of aldehydes is 1. The van der Waals surface area contributed by atoms with Crippen molar-refractivity contribution in [1.82, 2.24) is 0 Å². The molecule has 13 heavy (non-hydrogen) atoms. The van der Waals surface area contributed by atoms with E-state index >= 15 is 0 Å². The maximum absolute atomic E-state index is 10.2. The summed E-state index contributed by atoms with van der Waals surface area (Å²) in [5, 5.41) is 19.2. The molecule has 0 unspecified atom stereocenters. The number of phenolic OH excluding ortho intramolecular Hbond substituents is 1. The average molecular weight is 374 g/mol. The first-order valence-electron chi connectivity index (χ1n) is 3.07. The van der Waals surface area contributed by atoms with E-state index in [0.29, 0.717) is 6.29 Å². The minimum atomic E-state index is -0.633. The van der Waals surface area contributed by atoms with Crippen LogP contribution in [0.5, 0.6) is 5.75 Å². The molecule has 62 valence electrons. The maximum Gasteiger partial charge on any atom is 4.00 e. The topological polar surface area (TPSA) is 80.4 Å². The summed E-state index contributed by atoms with van der Waals surface area (Å²) in [6.45, 7) is 0. The van der Waals surface area contributed by atoms with Crippen molar-refractivity contribution in [3.8, 4) is 5.75 Å². The van der Waals surface area contributed by atoms with Crippen LogP contribution in [0.1, 0.15) is 10.4 Å². The number of hydrogen-bond donors (Lipinski definition) is 1. The fourth-order valence-corrected chi connectivity index (χ4v) is 0.750. The molecule has 0 saturated carbocycles. The van der Waals surface area contributed by atoms with E-state index in [4.69, 9.17) is 5.11 Å². The summed E-state index contributed by atoms with van der Waals surface area (Å²) in [6.07, 6.45) is 0.363. The summed E-state index contributed by atoms with van der Waals surface area (Å²) in [5.74, 6) is -0.254. The largest absolute Gasteiger partial charge is 4.00 e. The van der Waals surface area contributed by atoms with Gasteiger partial charge in [0.15, 0.2) is 6.29 Å². The SMILES string of the molecule is O=Cc1cc([N+](=O)[O-])ccc1O.[Pb+4]. The first-order chi connectivity index (χ1) is 5.65. The van der Waals surface area contributed by atoms with Gasteiger partial charge >= 0.3 is 27.3 Å². The quantitative estimate of drug-likeness (QED) is 0.358.